The highest BCUT2D eigenvalue weighted by Crippen LogP contribution is 2.09. The fraction of sp³-hybridized carbons (Fsp3) is 0.583. The van der Waals surface area contributed by atoms with Crippen LogP contribution >= 0.6 is 11.8 Å². The van der Waals surface area contributed by atoms with Crippen LogP contribution in [0.25, 0.3) is 0 Å². The summed E-state index contributed by atoms with van der Waals surface area (Å²) in [5, 5.41) is 0.656. The molecule has 1 aliphatic heterocycles. The minimum atomic E-state index is -0.109. The van der Waals surface area contributed by atoms with Crippen molar-refractivity contribution in [2.24, 2.45) is 0 Å². The maximum absolute atomic E-state index is 12.2. The van der Waals surface area contributed by atoms with E-state index in [1.165, 1.54) is 11.8 Å². The minimum Gasteiger partial charge on any atom is -0.376 e. The van der Waals surface area contributed by atoms with Crippen LogP contribution in [0.2, 0.25) is 0 Å². The van der Waals surface area contributed by atoms with Gasteiger partial charge in [-0.05, 0) is 6.26 Å². The van der Waals surface area contributed by atoms with Gasteiger partial charge in [0.1, 0.15) is 0 Å². The van der Waals surface area contributed by atoms with Crippen LogP contribution in [0.5, 0.6) is 0 Å². The van der Waals surface area contributed by atoms with Crippen LogP contribution in [0.15, 0.2) is 17.6 Å². The molecule has 6 nitrogen and oxygen atoms in total. The van der Waals surface area contributed by atoms with Crippen LogP contribution in [0, 0.1) is 0 Å². The third-order valence-corrected chi connectivity index (χ3v) is 3.34. The summed E-state index contributed by atoms with van der Waals surface area (Å²) in [6.07, 6.45) is 4.93. The van der Waals surface area contributed by atoms with E-state index in [0.29, 0.717) is 37.1 Å². The monoisotopic (exact) mass is 283 g/mol. The number of amides is 1. The van der Waals surface area contributed by atoms with Crippen molar-refractivity contribution in [2.75, 3.05) is 39.7 Å². The van der Waals surface area contributed by atoms with E-state index in [1.807, 2.05) is 6.26 Å². The van der Waals surface area contributed by atoms with Gasteiger partial charge in [-0.25, -0.2) is 9.97 Å². The van der Waals surface area contributed by atoms with Crippen molar-refractivity contribution in [2.45, 2.75) is 11.3 Å². The Morgan fingerprint density at radius 3 is 2.79 bits per heavy atom. The average Bonchev–Trinajstić information content (AvgIpc) is 2.47. The number of hydrogen-bond acceptors (Lipinski definition) is 6. The Bertz CT molecular complexity index is 421. The number of ether oxygens (including phenoxy) is 2. The Labute approximate surface area is 116 Å². The van der Waals surface area contributed by atoms with Crippen molar-refractivity contribution in [1.29, 1.82) is 0 Å². The molecule has 2 heterocycles. The maximum Gasteiger partial charge on any atom is 0.256 e. The molecule has 0 aliphatic carbocycles. The zero-order valence-corrected chi connectivity index (χ0v) is 11.9. The van der Waals surface area contributed by atoms with Gasteiger partial charge in [0.05, 0.1) is 31.5 Å². The highest BCUT2D eigenvalue weighted by atomic mass is 32.2. The summed E-state index contributed by atoms with van der Waals surface area (Å²) in [6, 6.07) is 0. The summed E-state index contributed by atoms with van der Waals surface area (Å²) in [4.78, 5) is 22.0. The first-order chi connectivity index (χ1) is 9.20. The lowest BCUT2D eigenvalue weighted by Gasteiger charge is -2.27. The smallest absolute Gasteiger partial charge is 0.256 e. The van der Waals surface area contributed by atoms with Crippen LogP contribution in [0.3, 0.4) is 0 Å². The predicted molar refractivity (Wildman–Crippen MR) is 71.3 cm³/mol. The second kappa shape index (κ2) is 6.83. The van der Waals surface area contributed by atoms with Crippen LogP contribution in [-0.4, -0.2) is 66.5 Å². The molecule has 7 heteroatoms. The molecule has 1 fully saturated rings. The number of carbonyl (C=O) groups is 1. The van der Waals surface area contributed by atoms with Gasteiger partial charge in [0, 0.05) is 26.0 Å². The Balaban J connectivity index is 1.93. The molecule has 2 rings (SSSR count). The maximum atomic E-state index is 12.2. The molecule has 0 aromatic carbocycles. The molecule has 0 bridgehead atoms. The Hall–Kier alpha value is -1.18. The molecular formula is C12H17N3O3S. The standard InChI is InChI=1S/C12H17N3O3S/c1-15(7-10-8-17-3-4-18-10)11(16)9-5-13-12(19-2)14-6-9/h5-6,10H,3-4,7-8H2,1-2H3/t10-/m0/s1. The Morgan fingerprint density at radius 1 is 1.47 bits per heavy atom. The highest BCUT2D eigenvalue weighted by Gasteiger charge is 2.20. The normalized spacial score (nSPS) is 19.2. The Kier molecular flexibility index (Phi) is 5.12. The van der Waals surface area contributed by atoms with Crippen LogP contribution in [0.1, 0.15) is 10.4 Å². The molecule has 1 aromatic rings. The third kappa shape index (κ3) is 3.89. The van der Waals surface area contributed by atoms with Gasteiger partial charge in [0.15, 0.2) is 5.16 Å². The molecule has 19 heavy (non-hydrogen) atoms. The molecule has 1 aliphatic rings. The van der Waals surface area contributed by atoms with Gasteiger partial charge in [0.2, 0.25) is 0 Å². The van der Waals surface area contributed by atoms with Gasteiger partial charge >= 0.3 is 0 Å². The number of hydrogen-bond donors (Lipinski definition) is 0. The third-order valence-electron chi connectivity index (χ3n) is 2.77. The summed E-state index contributed by atoms with van der Waals surface area (Å²) in [5.41, 5.74) is 0.483. The lowest BCUT2D eigenvalue weighted by Crippen LogP contribution is -2.40. The Morgan fingerprint density at radius 2 is 2.21 bits per heavy atom. The van der Waals surface area contributed by atoms with E-state index in [-0.39, 0.29) is 12.0 Å². The molecule has 0 spiro atoms. The summed E-state index contributed by atoms with van der Waals surface area (Å²) in [7, 11) is 1.74. The van der Waals surface area contributed by atoms with Gasteiger partial charge < -0.3 is 14.4 Å². The fourth-order valence-electron chi connectivity index (χ4n) is 1.78. The van der Waals surface area contributed by atoms with E-state index in [4.69, 9.17) is 9.47 Å². The van der Waals surface area contributed by atoms with Gasteiger partial charge in [0.25, 0.3) is 5.91 Å². The highest BCUT2D eigenvalue weighted by molar-refractivity contribution is 7.98. The number of carbonyl (C=O) groups excluding carboxylic acids is 1. The number of likely N-dealkylation sites (N-methyl/N-ethyl adjacent to an activating group) is 1. The van der Waals surface area contributed by atoms with Crippen molar-refractivity contribution in [1.82, 2.24) is 14.9 Å². The van der Waals surface area contributed by atoms with E-state index in [9.17, 15) is 4.79 Å². The van der Waals surface area contributed by atoms with Crippen molar-refractivity contribution >= 4 is 17.7 Å². The molecule has 0 saturated carbocycles. The van der Waals surface area contributed by atoms with E-state index >= 15 is 0 Å². The summed E-state index contributed by atoms with van der Waals surface area (Å²) < 4.78 is 10.8. The largest absolute Gasteiger partial charge is 0.376 e. The first-order valence-electron chi connectivity index (χ1n) is 6.01. The lowest BCUT2D eigenvalue weighted by atomic mass is 10.2. The zero-order chi connectivity index (χ0) is 13.7. The van der Waals surface area contributed by atoms with Crippen molar-refractivity contribution in [3.05, 3.63) is 18.0 Å². The quantitative estimate of drug-likeness (QED) is 0.598. The summed E-state index contributed by atoms with van der Waals surface area (Å²) >= 11 is 1.44. The van der Waals surface area contributed by atoms with Crippen LogP contribution < -0.4 is 0 Å². The van der Waals surface area contributed by atoms with Gasteiger partial charge in [-0.3, -0.25) is 4.79 Å². The van der Waals surface area contributed by atoms with Gasteiger partial charge in [-0.1, -0.05) is 11.8 Å². The van der Waals surface area contributed by atoms with Crippen molar-refractivity contribution in [3.63, 3.8) is 0 Å². The number of thioether (sulfide) groups is 1. The number of aromatic nitrogens is 2. The van der Waals surface area contributed by atoms with E-state index in [1.54, 1.807) is 24.3 Å². The van der Waals surface area contributed by atoms with E-state index in [2.05, 4.69) is 9.97 Å². The number of nitrogens with zero attached hydrogens (tertiary/aromatic N) is 3. The van der Waals surface area contributed by atoms with Crippen LogP contribution in [-0.2, 0) is 9.47 Å². The number of rotatable bonds is 4. The molecule has 104 valence electrons. The van der Waals surface area contributed by atoms with E-state index < -0.39 is 0 Å². The molecular weight excluding hydrogens is 266 g/mol. The predicted octanol–water partition coefficient (Wildman–Crippen LogP) is 0.686. The summed E-state index contributed by atoms with van der Waals surface area (Å²) in [6.45, 7) is 2.24. The van der Waals surface area contributed by atoms with Crippen molar-refractivity contribution in [3.8, 4) is 0 Å². The second-order valence-electron chi connectivity index (χ2n) is 4.21. The topological polar surface area (TPSA) is 64.6 Å². The molecule has 0 radical (unpaired) electrons. The molecule has 1 aromatic heterocycles. The minimum absolute atomic E-state index is 0.0610. The molecule has 1 atom stereocenters. The molecule has 1 amide bonds. The first-order valence-corrected chi connectivity index (χ1v) is 7.24. The molecule has 0 unspecified atom stereocenters. The van der Waals surface area contributed by atoms with E-state index in [0.717, 1.165) is 0 Å². The molecule has 0 N–H and O–H groups in total. The zero-order valence-electron chi connectivity index (χ0n) is 11.0. The summed E-state index contributed by atoms with van der Waals surface area (Å²) in [5.74, 6) is -0.109. The average molecular weight is 283 g/mol. The van der Waals surface area contributed by atoms with Gasteiger partial charge in [-0.2, -0.15) is 0 Å². The van der Waals surface area contributed by atoms with Crippen LogP contribution in [0.4, 0.5) is 0 Å². The van der Waals surface area contributed by atoms with Crippen molar-refractivity contribution < 1.29 is 14.3 Å². The lowest BCUT2D eigenvalue weighted by molar-refractivity contribution is -0.0933. The molecule has 1 saturated heterocycles. The first kappa shape index (κ1) is 14.2. The SMILES string of the molecule is CSc1ncc(C(=O)N(C)C[C@H]2COCCO2)cn1. The fourth-order valence-corrected chi connectivity index (χ4v) is 2.10. The van der Waals surface area contributed by atoms with Gasteiger partial charge in [-0.15, -0.1) is 0 Å². The second-order valence-corrected chi connectivity index (χ2v) is 4.99.